The quantitative estimate of drug-likeness (QED) is 0.610. The van der Waals surface area contributed by atoms with Crippen LogP contribution >= 0.6 is 0 Å². The Bertz CT molecular complexity index is 260. The van der Waals surface area contributed by atoms with Crippen LogP contribution in [0.3, 0.4) is 0 Å². The van der Waals surface area contributed by atoms with Crippen molar-refractivity contribution < 1.29 is 19.8 Å². The molecule has 2 atom stereocenters. The zero-order valence-corrected chi connectivity index (χ0v) is 8.28. The van der Waals surface area contributed by atoms with Crippen molar-refractivity contribution >= 4 is 11.6 Å². The van der Waals surface area contributed by atoms with E-state index in [-0.39, 0.29) is 11.1 Å². The van der Waals surface area contributed by atoms with Gasteiger partial charge in [0.05, 0.1) is 0 Å². The standard InChI is InChI=1S/C10H14O4/c1-5(2)7(11)9(13)10(14)8(12)6(3)4/h9-10,13-14H,1,3H2,2,4H3. The van der Waals surface area contributed by atoms with Crippen molar-refractivity contribution in [1.29, 1.82) is 0 Å². The van der Waals surface area contributed by atoms with Gasteiger partial charge in [0.2, 0.25) is 0 Å². The highest BCUT2D eigenvalue weighted by atomic mass is 16.3. The predicted molar refractivity (Wildman–Crippen MR) is 51.7 cm³/mol. The van der Waals surface area contributed by atoms with Crippen molar-refractivity contribution in [2.24, 2.45) is 0 Å². The lowest BCUT2D eigenvalue weighted by Gasteiger charge is -2.15. The van der Waals surface area contributed by atoms with Gasteiger partial charge in [-0.05, 0) is 25.0 Å². The molecule has 0 saturated heterocycles. The summed E-state index contributed by atoms with van der Waals surface area (Å²) in [6.45, 7) is 9.40. The molecule has 14 heavy (non-hydrogen) atoms. The average molecular weight is 198 g/mol. The molecule has 0 aromatic rings. The molecule has 0 aliphatic rings. The van der Waals surface area contributed by atoms with Gasteiger partial charge in [0.15, 0.2) is 11.6 Å². The molecule has 0 amide bonds. The normalized spacial score (nSPS) is 14.3. The summed E-state index contributed by atoms with van der Waals surface area (Å²) in [4.78, 5) is 22.2. The third-order valence-corrected chi connectivity index (χ3v) is 1.68. The summed E-state index contributed by atoms with van der Waals surface area (Å²) < 4.78 is 0. The first-order valence-electron chi connectivity index (χ1n) is 4.04. The maximum Gasteiger partial charge on any atom is 0.189 e. The molecular formula is C10H14O4. The molecule has 0 saturated carbocycles. The Kier molecular flexibility index (Phi) is 4.40. The van der Waals surface area contributed by atoms with Crippen molar-refractivity contribution in [1.82, 2.24) is 0 Å². The van der Waals surface area contributed by atoms with Crippen LogP contribution in [0.25, 0.3) is 0 Å². The van der Waals surface area contributed by atoms with Crippen LogP contribution in [0.2, 0.25) is 0 Å². The smallest absolute Gasteiger partial charge is 0.189 e. The third-order valence-electron chi connectivity index (χ3n) is 1.68. The van der Waals surface area contributed by atoms with Crippen LogP contribution in [-0.2, 0) is 9.59 Å². The van der Waals surface area contributed by atoms with E-state index in [2.05, 4.69) is 13.2 Å². The molecule has 0 aliphatic heterocycles. The molecule has 0 spiro atoms. The van der Waals surface area contributed by atoms with E-state index >= 15 is 0 Å². The van der Waals surface area contributed by atoms with Crippen LogP contribution in [-0.4, -0.2) is 34.0 Å². The molecule has 4 nitrogen and oxygen atoms in total. The summed E-state index contributed by atoms with van der Waals surface area (Å²) in [6, 6.07) is 0. The highest BCUT2D eigenvalue weighted by Crippen LogP contribution is 2.06. The van der Waals surface area contributed by atoms with Crippen molar-refractivity contribution in [3.63, 3.8) is 0 Å². The molecule has 78 valence electrons. The molecule has 0 aromatic heterocycles. The van der Waals surface area contributed by atoms with Gasteiger partial charge in [-0.25, -0.2) is 0 Å². The summed E-state index contributed by atoms with van der Waals surface area (Å²) in [5, 5.41) is 18.5. The first-order chi connectivity index (χ1) is 6.29. The minimum Gasteiger partial charge on any atom is -0.382 e. The van der Waals surface area contributed by atoms with Crippen molar-refractivity contribution in [2.45, 2.75) is 26.1 Å². The number of carbonyl (C=O) groups excluding carboxylic acids is 2. The number of hydrogen-bond donors (Lipinski definition) is 2. The molecular weight excluding hydrogens is 184 g/mol. The fraction of sp³-hybridized carbons (Fsp3) is 0.400. The van der Waals surface area contributed by atoms with Crippen LogP contribution < -0.4 is 0 Å². The zero-order valence-electron chi connectivity index (χ0n) is 8.28. The second kappa shape index (κ2) is 4.83. The van der Waals surface area contributed by atoms with Crippen molar-refractivity contribution in [3.8, 4) is 0 Å². The third kappa shape index (κ3) is 2.90. The second-order valence-electron chi connectivity index (χ2n) is 3.18. The predicted octanol–water partition coefficient (Wildman–Crippen LogP) is -0.00140. The number of Topliss-reactive ketones (excluding diaryl/α,β-unsaturated/α-hetero) is 2. The molecule has 2 unspecified atom stereocenters. The van der Waals surface area contributed by atoms with Crippen molar-refractivity contribution in [3.05, 3.63) is 24.3 Å². The topological polar surface area (TPSA) is 74.6 Å². The maximum absolute atomic E-state index is 11.1. The van der Waals surface area contributed by atoms with Gasteiger partial charge in [-0.2, -0.15) is 0 Å². The van der Waals surface area contributed by atoms with Gasteiger partial charge in [0.1, 0.15) is 12.2 Å². The van der Waals surface area contributed by atoms with Gasteiger partial charge in [-0.3, -0.25) is 9.59 Å². The zero-order chi connectivity index (χ0) is 11.5. The number of aliphatic hydroxyl groups is 2. The van der Waals surface area contributed by atoms with Crippen LogP contribution in [0.1, 0.15) is 13.8 Å². The molecule has 0 aromatic carbocycles. The average Bonchev–Trinajstić information content (AvgIpc) is 2.12. The number of carbonyl (C=O) groups is 2. The van der Waals surface area contributed by atoms with E-state index in [1.807, 2.05) is 0 Å². The Labute approximate surface area is 82.6 Å². The van der Waals surface area contributed by atoms with Crippen LogP contribution in [0.5, 0.6) is 0 Å². The van der Waals surface area contributed by atoms with Gasteiger partial charge in [0, 0.05) is 0 Å². The first-order valence-corrected chi connectivity index (χ1v) is 4.04. The lowest BCUT2D eigenvalue weighted by atomic mass is 9.99. The van der Waals surface area contributed by atoms with E-state index in [1.165, 1.54) is 13.8 Å². The Morgan fingerprint density at radius 2 is 1.14 bits per heavy atom. The van der Waals surface area contributed by atoms with E-state index in [4.69, 9.17) is 0 Å². The molecule has 0 heterocycles. The number of ketones is 2. The summed E-state index contributed by atoms with van der Waals surface area (Å²) in [5.41, 5.74) is 0.178. The van der Waals surface area contributed by atoms with Gasteiger partial charge in [0.25, 0.3) is 0 Å². The number of hydrogen-bond acceptors (Lipinski definition) is 4. The fourth-order valence-corrected chi connectivity index (χ4v) is 0.792. The van der Waals surface area contributed by atoms with Crippen LogP contribution in [0.4, 0.5) is 0 Å². The lowest BCUT2D eigenvalue weighted by Crippen LogP contribution is -2.40. The largest absolute Gasteiger partial charge is 0.382 e. The Morgan fingerprint density at radius 1 is 0.929 bits per heavy atom. The monoisotopic (exact) mass is 198 g/mol. The van der Waals surface area contributed by atoms with E-state index in [1.54, 1.807) is 0 Å². The molecule has 0 aliphatic carbocycles. The first kappa shape index (κ1) is 12.7. The highest BCUT2D eigenvalue weighted by molar-refractivity contribution is 6.05. The molecule has 4 heteroatoms. The van der Waals surface area contributed by atoms with E-state index < -0.39 is 23.8 Å². The Morgan fingerprint density at radius 3 is 1.29 bits per heavy atom. The van der Waals surface area contributed by atoms with E-state index in [9.17, 15) is 19.8 Å². The minimum atomic E-state index is -1.75. The van der Waals surface area contributed by atoms with Crippen molar-refractivity contribution in [2.75, 3.05) is 0 Å². The SMILES string of the molecule is C=C(C)C(=O)C(O)C(O)C(=O)C(=C)C. The highest BCUT2D eigenvalue weighted by Gasteiger charge is 2.30. The van der Waals surface area contributed by atoms with E-state index in [0.717, 1.165) is 0 Å². The number of aliphatic hydroxyl groups excluding tert-OH is 2. The van der Waals surface area contributed by atoms with Gasteiger partial charge < -0.3 is 10.2 Å². The summed E-state index contributed by atoms with van der Waals surface area (Å²) >= 11 is 0. The molecule has 0 fully saturated rings. The summed E-state index contributed by atoms with van der Waals surface area (Å²) in [5.74, 6) is -1.49. The summed E-state index contributed by atoms with van der Waals surface area (Å²) in [7, 11) is 0. The van der Waals surface area contributed by atoms with Gasteiger partial charge in [-0.1, -0.05) is 13.2 Å². The lowest BCUT2D eigenvalue weighted by molar-refractivity contribution is -0.139. The Hall–Kier alpha value is -1.26. The Balaban J connectivity index is 4.62. The molecule has 0 radical (unpaired) electrons. The minimum absolute atomic E-state index is 0.0889. The van der Waals surface area contributed by atoms with Gasteiger partial charge in [-0.15, -0.1) is 0 Å². The van der Waals surface area contributed by atoms with Crippen LogP contribution in [0, 0.1) is 0 Å². The number of rotatable bonds is 5. The fourth-order valence-electron chi connectivity index (χ4n) is 0.792. The second-order valence-corrected chi connectivity index (χ2v) is 3.18. The summed E-state index contributed by atoms with van der Waals surface area (Å²) in [6.07, 6.45) is -3.51. The van der Waals surface area contributed by atoms with E-state index in [0.29, 0.717) is 0 Å². The van der Waals surface area contributed by atoms with Crippen LogP contribution in [0.15, 0.2) is 24.3 Å². The maximum atomic E-state index is 11.1. The molecule has 0 rings (SSSR count). The molecule has 0 bridgehead atoms. The molecule has 2 N–H and O–H groups in total. The van der Waals surface area contributed by atoms with Gasteiger partial charge >= 0.3 is 0 Å².